The van der Waals surface area contributed by atoms with Crippen LogP contribution in [0.5, 0.6) is 0 Å². The van der Waals surface area contributed by atoms with Gasteiger partial charge < -0.3 is 5.32 Å². The number of nitrogens with zero attached hydrogens (tertiary/aromatic N) is 1. The van der Waals surface area contributed by atoms with Crippen molar-refractivity contribution in [1.29, 1.82) is 0 Å². The molecule has 0 aliphatic rings. The zero-order valence-corrected chi connectivity index (χ0v) is 16.0. The number of nitrogens with one attached hydrogen (secondary N) is 2. The van der Waals surface area contributed by atoms with Gasteiger partial charge in [-0.2, -0.15) is 0 Å². The summed E-state index contributed by atoms with van der Waals surface area (Å²) in [6.45, 7) is 3.67. The Morgan fingerprint density at radius 1 is 1.07 bits per heavy atom. The third-order valence-corrected chi connectivity index (χ3v) is 5.76. The van der Waals surface area contributed by atoms with Crippen LogP contribution in [-0.2, 0) is 14.8 Å². The molecule has 0 fully saturated rings. The van der Waals surface area contributed by atoms with Gasteiger partial charge in [0, 0.05) is 18.4 Å². The molecular formula is C20H21N3O3S. The largest absolute Gasteiger partial charge is 0.325 e. The fraction of sp³-hybridized carbons (Fsp3) is 0.200. The molecule has 2 aromatic carbocycles. The van der Waals surface area contributed by atoms with Crippen molar-refractivity contribution in [1.82, 2.24) is 9.71 Å². The van der Waals surface area contributed by atoms with Crippen LogP contribution in [0.3, 0.4) is 0 Å². The molecule has 1 aromatic heterocycles. The number of carbonyl (C=O) groups is 1. The minimum Gasteiger partial charge on any atom is -0.325 e. The molecule has 0 spiro atoms. The Morgan fingerprint density at radius 2 is 1.85 bits per heavy atom. The van der Waals surface area contributed by atoms with Crippen LogP contribution in [0.25, 0.3) is 10.9 Å². The maximum absolute atomic E-state index is 12.4. The maximum atomic E-state index is 12.4. The van der Waals surface area contributed by atoms with E-state index in [0.29, 0.717) is 11.3 Å². The van der Waals surface area contributed by atoms with Crippen LogP contribution in [-0.4, -0.2) is 25.9 Å². The van der Waals surface area contributed by atoms with Crippen LogP contribution in [0.15, 0.2) is 59.6 Å². The highest BCUT2D eigenvalue weighted by atomic mass is 32.2. The van der Waals surface area contributed by atoms with Gasteiger partial charge in [-0.25, -0.2) is 13.1 Å². The van der Waals surface area contributed by atoms with Crippen molar-refractivity contribution >= 4 is 32.5 Å². The molecule has 0 saturated carbocycles. The van der Waals surface area contributed by atoms with Gasteiger partial charge in [0.15, 0.2) is 0 Å². The highest BCUT2D eigenvalue weighted by Crippen LogP contribution is 2.17. The summed E-state index contributed by atoms with van der Waals surface area (Å²) in [5.41, 5.74) is 3.09. The molecule has 6 nitrogen and oxygen atoms in total. The molecule has 7 heteroatoms. The van der Waals surface area contributed by atoms with E-state index in [1.165, 1.54) is 0 Å². The molecule has 2 N–H and O–H groups in total. The number of aryl methyl sites for hydroxylation is 2. The van der Waals surface area contributed by atoms with E-state index in [4.69, 9.17) is 0 Å². The quantitative estimate of drug-likeness (QED) is 0.684. The predicted molar refractivity (Wildman–Crippen MR) is 106 cm³/mol. The summed E-state index contributed by atoms with van der Waals surface area (Å²) in [5.74, 6) is -0.282. The number of anilines is 1. The van der Waals surface area contributed by atoms with Crippen LogP contribution in [0.4, 0.5) is 5.69 Å². The Balaban J connectivity index is 1.58. The molecule has 140 valence electrons. The SMILES string of the molecule is Cc1ccc(S(=O)(=O)NCCC(=O)Nc2cnc3ccccc3c2)c(C)c1. The first kappa shape index (κ1) is 19.0. The number of aromatic nitrogens is 1. The third kappa shape index (κ3) is 4.69. The van der Waals surface area contributed by atoms with Gasteiger partial charge in [-0.3, -0.25) is 9.78 Å². The number of carbonyl (C=O) groups excluding carboxylic acids is 1. The van der Waals surface area contributed by atoms with E-state index < -0.39 is 10.0 Å². The van der Waals surface area contributed by atoms with Gasteiger partial charge in [0.1, 0.15) is 0 Å². The van der Waals surface area contributed by atoms with Gasteiger partial charge >= 0.3 is 0 Å². The average Bonchev–Trinajstić information content (AvgIpc) is 2.61. The van der Waals surface area contributed by atoms with Gasteiger partial charge in [0.2, 0.25) is 15.9 Å². The molecule has 0 atom stereocenters. The smallest absolute Gasteiger partial charge is 0.240 e. The second-order valence-corrected chi connectivity index (χ2v) is 8.12. The Bertz CT molecular complexity index is 1090. The molecule has 3 rings (SSSR count). The molecule has 0 unspecified atom stereocenters. The van der Waals surface area contributed by atoms with E-state index in [2.05, 4.69) is 15.0 Å². The van der Waals surface area contributed by atoms with Gasteiger partial charge in [0.25, 0.3) is 0 Å². The molecule has 0 saturated heterocycles. The average molecular weight is 383 g/mol. The normalized spacial score (nSPS) is 11.5. The summed E-state index contributed by atoms with van der Waals surface area (Å²) >= 11 is 0. The van der Waals surface area contributed by atoms with Crippen LogP contribution in [0, 0.1) is 13.8 Å². The van der Waals surface area contributed by atoms with Crippen molar-refractivity contribution in [2.75, 3.05) is 11.9 Å². The van der Waals surface area contributed by atoms with Crippen LogP contribution < -0.4 is 10.0 Å². The van der Waals surface area contributed by atoms with Crippen molar-refractivity contribution < 1.29 is 13.2 Å². The molecule has 0 aliphatic heterocycles. The molecule has 1 heterocycles. The first-order valence-corrected chi connectivity index (χ1v) is 10.0. The maximum Gasteiger partial charge on any atom is 0.240 e. The van der Waals surface area contributed by atoms with Crippen molar-refractivity contribution in [3.05, 3.63) is 65.9 Å². The second-order valence-electron chi connectivity index (χ2n) is 6.38. The minimum absolute atomic E-state index is 0.0164. The zero-order chi connectivity index (χ0) is 19.4. The Morgan fingerprint density at radius 3 is 2.63 bits per heavy atom. The molecule has 27 heavy (non-hydrogen) atoms. The number of fused-ring (bicyclic) bond motifs is 1. The van der Waals surface area contributed by atoms with Gasteiger partial charge in [-0.15, -0.1) is 0 Å². The summed E-state index contributed by atoms with van der Waals surface area (Å²) in [6, 6.07) is 14.6. The monoisotopic (exact) mass is 383 g/mol. The van der Waals surface area contributed by atoms with E-state index >= 15 is 0 Å². The van der Waals surface area contributed by atoms with Gasteiger partial charge in [-0.1, -0.05) is 35.9 Å². The highest BCUT2D eigenvalue weighted by molar-refractivity contribution is 7.89. The van der Waals surface area contributed by atoms with E-state index in [1.54, 1.807) is 25.3 Å². The van der Waals surface area contributed by atoms with Crippen LogP contribution >= 0.6 is 0 Å². The number of sulfonamides is 1. The highest BCUT2D eigenvalue weighted by Gasteiger charge is 2.16. The number of benzene rings is 2. The number of rotatable bonds is 6. The lowest BCUT2D eigenvalue weighted by Crippen LogP contribution is -2.28. The van der Waals surface area contributed by atoms with Crippen molar-refractivity contribution in [3.63, 3.8) is 0 Å². The minimum atomic E-state index is -3.65. The summed E-state index contributed by atoms with van der Waals surface area (Å²) in [5, 5.41) is 3.66. The summed E-state index contributed by atoms with van der Waals surface area (Å²) in [7, 11) is -3.65. The standard InChI is InChI=1S/C20H21N3O3S/c1-14-7-8-19(15(2)11-14)27(25,26)22-10-9-20(24)23-17-12-16-5-3-4-6-18(16)21-13-17/h3-8,11-13,22H,9-10H2,1-2H3,(H,23,24). The van der Waals surface area contributed by atoms with Crippen molar-refractivity contribution in [2.45, 2.75) is 25.2 Å². The number of hydrogen-bond donors (Lipinski definition) is 2. The van der Waals surface area contributed by atoms with Crippen molar-refractivity contribution in [2.24, 2.45) is 0 Å². The lowest BCUT2D eigenvalue weighted by Gasteiger charge is -2.10. The summed E-state index contributed by atoms with van der Waals surface area (Å²) in [4.78, 5) is 16.6. The van der Waals surface area contributed by atoms with Crippen LogP contribution in [0.1, 0.15) is 17.5 Å². The number of para-hydroxylation sites is 1. The van der Waals surface area contributed by atoms with E-state index in [0.717, 1.165) is 16.5 Å². The van der Waals surface area contributed by atoms with Crippen molar-refractivity contribution in [3.8, 4) is 0 Å². The first-order chi connectivity index (χ1) is 12.8. The molecule has 0 aliphatic carbocycles. The van der Waals surface area contributed by atoms with Gasteiger partial charge in [-0.05, 0) is 37.6 Å². The Kier molecular flexibility index (Phi) is 5.53. The first-order valence-electron chi connectivity index (χ1n) is 8.57. The Labute approximate surface area is 158 Å². The van der Waals surface area contributed by atoms with Gasteiger partial charge in [0.05, 0.1) is 22.3 Å². The lowest BCUT2D eigenvalue weighted by molar-refractivity contribution is -0.116. The fourth-order valence-electron chi connectivity index (χ4n) is 2.84. The fourth-order valence-corrected chi connectivity index (χ4v) is 4.10. The molecule has 1 amide bonds. The topological polar surface area (TPSA) is 88.2 Å². The van der Waals surface area contributed by atoms with Crippen LogP contribution in [0.2, 0.25) is 0 Å². The van der Waals surface area contributed by atoms with E-state index in [9.17, 15) is 13.2 Å². The molecule has 0 bridgehead atoms. The van der Waals surface area contributed by atoms with E-state index in [1.807, 2.05) is 43.3 Å². The second kappa shape index (κ2) is 7.85. The summed E-state index contributed by atoms with van der Waals surface area (Å²) in [6.07, 6.45) is 1.61. The predicted octanol–water partition coefficient (Wildman–Crippen LogP) is 3.16. The Hall–Kier alpha value is -2.77. The molecule has 3 aromatic rings. The molecular weight excluding hydrogens is 362 g/mol. The molecule has 0 radical (unpaired) electrons. The number of amides is 1. The zero-order valence-electron chi connectivity index (χ0n) is 15.2. The third-order valence-electron chi connectivity index (χ3n) is 4.14. The number of pyridine rings is 1. The number of hydrogen-bond acceptors (Lipinski definition) is 4. The van der Waals surface area contributed by atoms with E-state index in [-0.39, 0.29) is 23.8 Å². The summed E-state index contributed by atoms with van der Waals surface area (Å²) < 4.78 is 27.3. The lowest BCUT2D eigenvalue weighted by atomic mass is 10.2.